The molecular formula is C17H11FN2O2. The highest BCUT2D eigenvalue weighted by Crippen LogP contribution is 2.26. The van der Waals surface area contributed by atoms with Gasteiger partial charge in [0.25, 0.3) is 0 Å². The van der Waals surface area contributed by atoms with Crippen LogP contribution >= 0.6 is 0 Å². The molecule has 5 heteroatoms. The second kappa shape index (κ2) is 5.34. The second-order valence-electron chi connectivity index (χ2n) is 4.70. The average molecular weight is 294 g/mol. The first-order chi connectivity index (χ1) is 10.7. The number of fused-ring (bicyclic) bond motifs is 1. The van der Waals surface area contributed by atoms with E-state index in [9.17, 15) is 14.4 Å². The van der Waals surface area contributed by atoms with Crippen molar-refractivity contribution in [3.05, 3.63) is 65.6 Å². The standard InChI is InChI=1S/C17H11FN2O2/c1-22-17(21)11-6-7-16(14(18)8-11)20-10-12(9-19)13-4-2-3-5-15(13)20/h2-8,10H,1H3. The minimum absolute atomic E-state index is 0.140. The molecule has 0 N–H and O–H groups in total. The number of rotatable bonds is 2. The molecule has 4 nitrogen and oxygen atoms in total. The van der Waals surface area contributed by atoms with Crippen LogP contribution in [0.4, 0.5) is 4.39 Å². The Balaban J connectivity index is 2.20. The molecule has 0 aliphatic carbocycles. The van der Waals surface area contributed by atoms with Crippen molar-refractivity contribution in [1.29, 1.82) is 5.26 Å². The van der Waals surface area contributed by atoms with Crippen molar-refractivity contribution in [3.63, 3.8) is 0 Å². The summed E-state index contributed by atoms with van der Waals surface area (Å²) in [6.45, 7) is 0. The maximum Gasteiger partial charge on any atom is 0.337 e. The molecular weight excluding hydrogens is 283 g/mol. The average Bonchev–Trinajstić information content (AvgIpc) is 2.92. The van der Waals surface area contributed by atoms with Crippen molar-refractivity contribution in [3.8, 4) is 11.8 Å². The van der Waals surface area contributed by atoms with Crippen molar-refractivity contribution in [2.45, 2.75) is 0 Å². The number of methoxy groups -OCH3 is 1. The van der Waals surface area contributed by atoms with Crippen molar-refractivity contribution < 1.29 is 13.9 Å². The number of halogens is 1. The van der Waals surface area contributed by atoms with Crippen molar-refractivity contribution in [2.75, 3.05) is 7.11 Å². The highest BCUT2D eigenvalue weighted by atomic mass is 19.1. The summed E-state index contributed by atoms with van der Waals surface area (Å²) in [5.41, 5.74) is 1.60. The van der Waals surface area contributed by atoms with Crippen LogP contribution in [-0.4, -0.2) is 17.6 Å². The monoisotopic (exact) mass is 294 g/mol. The Morgan fingerprint density at radius 2 is 2.05 bits per heavy atom. The van der Waals surface area contributed by atoms with Crippen molar-refractivity contribution in [2.24, 2.45) is 0 Å². The fourth-order valence-electron chi connectivity index (χ4n) is 2.42. The van der Waals surface area contributed by atoms with E-state index in [2.05, 4.69) is 10.8 Å². The van der Waals surface area contributed by atoms with E-state index in [0.717, 1.165) is 17.0 Å². The van der Waals surface area contributed by atoms with Crippen LogP contribution in [0.2, 0.25) is 0 Å². The lowest BCUT2D eigenvalue weighted by atomic mass is 10.2. The van der Waals surface area contributed by atoms with Crippen molar-refractivity contribution >= 4 is 16.9 Å². The molecule has 3 aromatic rings. The molecule has 1 aromatic heterocycles. The molecule has 0 saturated heterocycles. The molecule has 0 aliphatic rings. The van der Waals surface area contributed by atoms with Gasteiger partial charge >= 0.3 is 5.97 Å². The first-order valence-electron chi connectivity index (χ1n) is 6.54. The lowest BCUT2D eigenvalue weighted by Gasteiger charge is -2.08. The van der Waals surface area contributed by atoms with Gasteiger partial charge in [-0.15, -0.1) is 0 Å². The van der Waals surface area contributed by atoms with Crippen LogP contribution < -0.4 is 0 Å². The molecule has 108 valence electrons. The first kappa shape index (κ1) is 13.8. The molecule has 22 heavy (non-hydrogen) atoms. The topological polar surface area (TPSA) is 55.0 Å². The van der Waals surface area contributed by atoms with Gasteiger partial charge in [0.15, 0.2) is 0 Å². The smallest absolute Gasteiger partial charge is 0.337 e. The highest BCUT2D eigenvalue weighted by Gasteiger charge is 2.14. The van der Waals surface area contributed by atoms with Gasteiger partial charge in [0.2, 0.25) is 0 Å². The third kappa shape index (κ3) is 2.11. The quantitative estimate of drug-likeness (QED) is 0.680. The molecule has 0 bridgehead atoms. The second-order valence-corrected chi connectivity index (χ2v) is 4.70. The van der Waals surface area contributed by atoms with Gasteiger partial charge < -0.3 is 9.30 Å². The van der Waals surface area contributed by atoms with Gasteiger partial charge in [0.1, 0.15) is 11.9 Å². The van der Waals surface area contributed by atoms with E-state index in [1.807, 2.05) is 24.3 Å². The number of hydrogen-bond acceptors (Lipinski definition) is 3. The van der Waals surface area contributed by atoms with E-state index < -0.39 is 11.8 Å². The first-order valence-corrected chi connectivity index (χ1v) is 6.54. The van der Waals surface area contributed by atoms with Crippen LogP contribution in [0.5, 0.6) is 0 Å². The molecule has 1 heterocycles. The normalized spacial score (nSPS) is 10.4. The zero-order chi connectivity index (χ0) is 15.7. The van der Waals surface area contributed by atoms with Crippen LogP contribution in [0.1, 0.15) is 15.9 Å². The Bertz CT molecular complexity index is 922. The molecule has 0 atom stereocenters. The minimum atomic E-state index is -0.597. The van der Waals surface area contributed by atoms with Gasteiger partial charge in [-0.3, -0.25) is 0 Å². The summed E-state index contributed by atoms with van der Waals surface area (Å²) in [6.07, 6.45) is 1.58. The Labute approximate surface area is 126 Å². The van der Waals surface area contributed by atoms with Crippen molar-refractivity contribution in [1.82, 2.24) is 4.57 Å². The number of para-hydroxylation sites is 1. The third-order valence-corrected chi connectivity index (χ3v) is 3.46. The Morgan fingerprint density at radius 1 is 1.27 bits per heavy atom. The SMILES string of the molecule is COC(=O)c1ccc(-n2cc(C#N)c3ccccc32)c(F)c1. The van der Waals surface area contributed by atoms with Gasteiger partial charge in [-0.25, -0.2) is 9.18 Å². The summed E-state index contributed by atoms with van der Waals surface area (Å²) in [4.78, 5) is 11.4. The Morgan fingerprint density at radius 3 is 2.73 bits per heavy atom. The molecule has 0 aliphatic heterocycles. The molecule has 0 amide bonds. The largest absolute Gasteiger partial charge is 0.465 e. The van der Waals surface area contributed by atoms with Crippen LogP contribution in [0.15, 0.2) is 48.7 Å². The number of aromatic nitrogens is 1. The summed E-state index contributed by atoms with van der Waals surface area (Å²) in [5, 5.41) is 9.95. The predicted octanol–water partition coefficient (Wildman–Crippen LogP) is 3.43. The number of benzene rings is 2. The summed E-state index contributed by atoms with van der Waals surface area (Å²) < 4.78 is 20.5. The van der Waals surface area contributed by atoms with Gasteiger partial charge in [-0.05, 0) is 24.3 Å². The molecule has 0 radical (unpaired) electrons. The third-order valence-electron chi connectivity index (χ3n) is 3.46. The van der Waals surface area contributed by atoms with Gasteiger partial charge in [0, 0.05) is 11.6 Å². The number of nitrogens with zero attached hydrogens (tertiary/aromatic N) is 2. The van der Waals surface area contributed by atoms with Gasteiger partial charge in [-0.2, -0.15) is 5.26 Å². The molecule has 0 fully saturated rings. The van der Waals surface area contributed by atoms with Crippen LogP contribution in [-0.2, 0) is 4.74 Å². The maximum atomic E-state index is 14.4. The fourth-order valence-corrected chi connectivity index (χ4v) is 2.42. The number of hydrogen-bond donors (Lipinski definition) is 0. The molecule has 3 rings (SSSR count). The minimum Gasteiger partial charge on any atom is -0.465 e. The zero-order valence-corrected chi connectivity index (χ0v) is 11.7. The van der Waals surface area contributed by atoms with E-state index in [0.29, 0.717) is 5.56 Å². The number of nitriles is 1. The fraction of sp³-hybridized carbons (Fsp3) is 0.0588. The Kier molecular flexibility index (Phi) is 3.36. The van der Waals surface area contributed by atoms with Crippen LogP contribution in [0, 0.1) is 17.1 Å². The number of ether oxygens (including phenoxy) is 1. The van der Waals surface area contributed by atoms with Crippen LogP contribution in [0.3, 0.4) is 0 Å². The van der Waals surface area contributed by atoms with E-state index in [1.54, 1.807) is 10.8 Å². The van der Waals surface area contributed by atoms with E-state index in [-0.39, 0.29) is 11.3 Å². The summed E-state index contributed by atoms with van der Waals surface area (Å²) >= 11 is 0. The highest BCUT2D eigenvalue weighted by molar-refractivity contribution is 5.90. The maximum absolute atomic E-state index is 14.4. The lowest BCUT2D eigenvalue weighted by molar-refractivity contribution is 0.0600. The van der Waals surface area contributed by atoms with Gasteiger partial charge in [-0.1, -0.05) is 18.2 Å². The van der Waals surface area contributed by atoms with E-state index in [4.69, 9.17) is 0 Å². The lowest BCUT2D eigenvalue weighted by Crippen LogP contribution is -2.04. The zero-order valence-electron chi connectivity index (χ0n) is 11.7. The van der Waals surface area contributed by atoms with Gasteiger partial charge in [0.05, 0.1) is 29.4 Å². The molecule has 0 unspecified atom stereocenters. The van der Waals surface area contributed by atoms with Crippen LogP contribution in [0.25, 0.3) is 16.6 Å². The number of esters is 1. The Hall–Kier alpha value is -3.13. The molecule has 2 aromatic carbocycles. The molecule has 0 saturated carbocycles. The molecule has 0 spiro atoms. The number of carbonyl (C=O) groups excluding carboxylic acids is 1. The number of carbonyl (C=O) groups is 1. The summed E-state index contributed by atoms with van der Waals surface area (Å²) in [6, 6.07) is 13.5. The van der Waals surface area contributed by atoms with E-state index in [1.165, 1.54) is 19.2 Å². The summed E-state index contributed by atoms with van der Waals surface area (Å²) in [5.74, 6) is -1.16. The van der Waals surface area contributed by atoms with E-state index >= 15 is 0 Å². The predicted molar refractivity (Wildman–Crippen MR) is 79.3 cm³/mol. The summed E-state index contributed by atoms with van der Waals surface area (Å²) in [7, 11) is 1.24.